The van der Waals surface area contributed by atoms with Crippen LogP contribution in [0.4, 0.5) is 30.2 Å². The fraction of sp³-hybridized carbons (Fsp3) is 0.100. The molecular formula is C30H23F3N8O3. The zero-order chi connectivity index (χ0) is 31.2. The number of hydrogen-bond donors (Lipinski definition) is 4. The van der Waals surface area contributed by atoms with Gasteiger partial charge in [-0.1, -0.05) is 24.3 Å². The lowest BCUT2D eigenvalue weighted by Gasteiger charge is -2.07. The molecule has 0 fully saturated rings. The Labute approximate surface area is 246 Å². The fourth-order valence-corrected chi connectivity index (χ4v) is 4.74. The third-order valence-electron chi connectivity index (χ3n) is 6.86. The Balaban J connectivity index is 1.16. The Morgan fingerprint density at radius 1 is 0.795 bits per heavy atom. The number of rotatable bonds is 6. The molecule has 4 N–H and O–H groups in total. The predicted molar refractivity (Wildman–Crippen MR) is 158 cm³/mol. The van der Waals surface area contributed by atoms with Crippen LogP contribution in [0.2, 0.25) is 0 Å². The van der Waals surface area contributed by atoms with Gasteiger partial charge in [0.05, 0.1) is 28.1 Å². The van der Waals surface area contributed by atoms with Gasteiger partial charge in [-0.3, -0.25) is 19.4 Å². The molecular weight excluding hydrogens is 577 g/mol. The minimum Gasteiger partial charge on any atom is -0.346 e. The maximum Gasteiger partial charge on any atom is 0.471 e. The first-order valence-corrected chi connectivity index (χ1v) is 13.1. The normalized spacial score (nSPS) is 11.6. The van der Waals surface area contributed by atoms with E-state index in [1.807, 2.05) is 29.6 Å². The second-order valence-corrected chi connectivity index (χ2v) is 10.0. The highest BCUT2D eigenvalue weighted by molar-refractivity contribution is 6.07. The van der Waals surface area contributed by atoms with Crippen LogP contribution in [-0.2, 0) is 18.9 Å². The monoisotopic (exact) mass is 600 g/mol. The molecule has 14 heteroatoms. The van der Waals surface area contributed by atoms with Gasteiger partial charge in [-0.2, -0.15) is 13.2 Å². The van der Waals surface area contributed by atoms with E-state index in [0.29, 0.717) is 33.9 Å². The van der Waals surface area contributed by atoms with Crippen molar-refractivity contribution in [1.82, 2.24) is 24.1 Å². The number of fused-ring (bicyclic) bond motifs is 2. The maximum absolute atomic E-state index is 13.1. The number of aryl methyl sites for hydroxylation is 2. The van der Waals surface area contributed by atoms with Crippen molar-refractivity contribution in [2.45, 2.75) is 6.18 Å². The van der Waals surface area contributed by atoms with Crippen molar-refractivity contribution in [3.05, 3.63) is 90.6 Å². The summed E-state index contributed by atoms with van der Waals surface area (Å²) in [5.41, 5.74) is 2.81. The molecule has 4 heterocycles. The van der Waals surface area contributed by atoms with Crippen LogP contribution < -0.4 is 16.0 Å². The minimum absolute atomic E-state index is 0.0403. The van der Waals surface area contributed by atoms with E-state index in [0.717, 1.165) is 10.8 Å². The Hall–Kier alpha value is -5.92. The van der Waals surface area contributed by atoms with Crippen molar-refractivity contribution in [1.29, 1.82) is 0 Å². The molecule has 4 aromatic heterocycles. The van der Waals surface area contributed by atoms with E-state index in [1.165, 1.54) is 18.2 Å². The summed E-state index contributed by atoms with van der Waals surface area (Å²) in [5, 5.41) is 9.21. The number of pyridine rings is 1. The molecule has 2 aromatic carbocycles. The first kappa shape index (κ1) is 28.2. The van der Waals surface area contributed by atoms with Gasteiger partial charge < -0.3 is 30.1 Å². The molecule has 0 aliphatic carbocycles. The van der Waals surface area contributed by atoms with E-state index >= 15 is 0 Å². The van der Waals surface area contributed by atoms with Gasteiger partial charge >= 0.3 is 12.1 Å². The van der Waals surface area contributed by atoms with Gasteiger partial charge in [0.1, 0.15) is 11.4 Å². The highest BCUT2D eigenvalue weighted by Crippen LogP contribution is 2.27. The molecule has 0 aliphatic rings. The summed E-state index contributed by atoms with van der Waals surface area (Å²) in [5.74, 6) is -2.52. The Morgan fingerprint density at radius 2 is 1.50 bits per heavy atom. The maximum atomic E-state index is 13.1. The first-order chi connectivity index (χ1) is 20.9. The van der Waals surface area contributed by atoms with Gasteiger partial charge in [0.25, 0.3) is 11.8 Å². The quantitative estimate of drug-likeness (QED) is 0.201. The minimum atomic E-state index is -5.01. The topological polar surface area (TPSA) is 139 Å². The molecule has 0 bridgehead atoms. The van der Waals surface area contributed by atoms with Gasteiger partial charge in [0.15, 0.2) is 5.82 Å². The Morgan fingerprint density at radius 3 is 2.27 bits per heavy atom. The zero-order valence-electron chi connectivity index (χ0n) is 23.2. The van der Waals surface area contributed by atoms with Crippen LogP contribution >= 0.6 is 0 Å². The molecule has 0 spiro atoms. The molecule has 222 valence electrons. The van der Waals surface area contributed by atoms with Gasteiger partial charge in [-0.25, -0.2) is 4.98 Å². The second kappa shape index (κ2) is 10.7. The number of nitrogens with zero attached hydrogens (tertiary/aromatic N) is 4. The van der Waals surface area contributed by atoms with Gasteiger partial charge in [0, 0.05) is 43.8 Å². The highest BCUT2D eigenvalue weighted by Gasteiger charge is 2.38. The average molecular weight is 601 g/mol. The highest BCUT2D eigenvalue weighted by atomic mass is 19.4. The number of hydrogen-bond acceptors (Lipinski definition) is 5. The predicted octanol–water partition coefficient (Wildman–Crippen LogP) is 5.46. The third kappa shape index (κ3) is 5.60. The number of anilines is 3. The van der Waals surface area contributed by atoms with Gasteiger partial charge in [0.2, 0.25) is 0 Å². The largest absolute Gasteiger partial charge is 0.471 e. The number of carbonyl (C=O) groups excluding carboxylic acids is 3. The van der Waals surface area contributed by atoms with E-state index in [1.54, 1.807) is 60.0 Å². The molecule has 44 heavy (non-hydrogen) atoms. The van der Waals surface area contributed by atoms with Gasteiger partial charge in [-0.15, -0.1) is 0 Å². The molecule has 6 aromatic rings. The van der Waals surface area contributed by atoms with Crippen molar-refractivity contribution in [3.8, 4) is 11.5 Å². The summed E-state index contributed by atoms with van der Waals surface area (Å²) in [6, 6.07) is 16.6. The van der Waals surface area contributed by atoms with Crippen LogP contribution in [0.15, 0.2) is 79.3 Å². The molecule has 11 nitrogen and oxygen atoms in total. The molecule has 6 rings (SSSR count). The smallest absolute Gasteiger partial charge is 0.346 e. The van der Waals surface area contributed by atoms with Gasteiger partial charge in [-0.05, 0) is 41.8 Å². The number of H-pyrrole nitrogens is 1. The van der Waals surface area contributed by atoms with Crippen molar-refractivity contribution >= 4 is 56.6 Å². The third-order valence-corrected chi connectivity index (χ3v) is 6.86. The molecule has 3 amide bonds. The number of nitrogens with one attached hydrogen (secondary N) is 4. The van der Waals surface area contributed by atoms with Crippen LogP contribution in [0.25, 0.3) is 33.3 Å². The van der Waals surface area contributed by atoms with E-state index in [2.05, 4.69) is 25.6 Å². The van der Waals surface area contributed by atoms with Crippen LogP contribution in [0, 0.1) is 0 Å². The molecule has 0 unspecified atom stereocenters. The number of alkyl halides is 3. The summed E-state index contributed by atoms with van der Waals surface area (Å²) in [7, 11) is 3.42. The Kier molecular flexibility index (Phi) is 6.88. The standard InChI is InChI=1S/C30H23F3N8O3/c1-40-14-19(11-24(40)26-38-21-8-7-18(10-22(21)39-26)37-29(44)30(31,32)33)36-28(43)25-12-20(15-41(25)2)35-27(42)23-9-16-5-3-4-6-17(16)13-34-23/h3-15H,1-2H3,(H,35,42)(H,36,43)(H,37,44)(H,38,39). The summed E-state index contributed by atoms with van der Waals surface area (Å²) >= 11 is 0. The summed E-state index contributed by atoms with van der Waals surface area (Å²) in [6.45, 7) is 0. The van der Waals surface area contributed by atoms with Crippen LogP contribution in [0.5, 0.6) is 0 Å². The second-order valence-electron chi connectivity index (χ2n) is 10.0. The first-order valence-electron chi connectivity index (χ1n) is 13.1. The lowest BCUT2D eigenvalue weighted by molar-refractivity contribution is -0.167. The number of halogens is 3. The summed E-state index contributed by atoms with van der Waals surface area (Å²) in [4.78, 5) is 49.0. The van der Waals surface area contributed by atoms with E-state index in [-0.39, 0.29) is 17.1 Å². The van der Waals surface area contributed by atoms with E-state index < -0.39 is 23.9 Å². The van der Waals surface area contributed by atoms with Crippen molar-refractivity contribution in [2.24, 2.45) is 14.1 Å². The average Bonchev–Trinajstić information content (AvgIpc) is 3.67. The molecule has 0 saturated heterocycles. The number of aromatic amines is 1. The number of aromatic nitrogens is 5. The van der Waals surface area contributed by atoms with Crippen molar-refractivity contribution in [3.63, 3.8) is 0 Å². The lowest BCUT2D eigenvalue weighted by Crippen LogP contribution is -2.29. The van der Waals surface area contributed by atoms with Crippen molar-refractivity contribution in [2.75, 3.05) is 16.0 Å². The zero-order valence-corrected chi connectivity index (χ0v) is 23.2. The SMILES string of the molecule is Cn1cc(NC(=O)c2cc3ccccc3cn2)cc1C(=O)Nc1cc(-c2nc3ccc(NC(=O)C(F)(F)F)cc3[nH]2)n(C)c1. The van der Waals surface area contributed by atoms with E-state index in [4.69, 9.17) is 0 Å². The van der Waals surface area contributed by atoms with Crippen LogP contribution in [0.1, 0.15) is 21.0 Å². The lowest BCUT2D eigenvalue weighted by atomic mass is 10.1. The summed E-state index contributed by atoms with van der Waals surface area (Å²) in [6.07, 6.45) is -0.0956. The summed E-state index contributed by atoms with van der Waals surface area (Å²) < 4.78 is 41.1. The molecule has 0 saturated carbocycles. The number of benzene rings is 2. The molecule has 0 aliphatic heterocycles. The van der Waals surface area contributed by atoms with Crippen LogP contribution in [0.3, 0.4) is 0 Å². The number of amides is 3. The Bertz CT molecular complexity index is 2090. The molecule has 0 radical (unpaired) electrons. The van der Waals surface area contributed by atoms with Crippen molar-refractivity contribution < 1.29 is 27.6 Å². The molecule has 0 atom stereocenters. The number of carbonyl (C=O) groups is 3. The van der Waals surface area contributed by atoms with E-state index in [9.17, 15) is 27.6 Å². The van der Waals surface area contributed by atoms with Crippen LogP contribution in [-0.4, -0.2) is 48.0 Å². The number of imidazole rings is 1. The fourth-order valence-electron chi connectivity index (χ4n) is 4.74.